The van der Waals surface area contributed by atoms with Gasteiger partial charge in [-0.25, -0.2) is 4.79 Å². The molecule has 0 saturated carbocycles. The van der Waals surface area contributed by atoms with Crippen molar-refractivity contribution in [3.8, 4) is 0 Å². The second-order valence-electron chi connectivity index (χ2n) is 10.5. The van der Waals surface area contributed by atoms with Crippen molar-refractivity contribution in [2.75, 3.05) is 41.3 Å². The topological polar surface area (TPSA) is 48.0 Å². The number of aryl methyl sites for hydroxylation is 2. The summed E-state index contributed by atoms with van der Waals surface area (Å²) in [6, 6.07) is 12.9. The van der Waals surface area contributed by atoms with Crippen molar-refractivity contribution in [1.29, 1.82) is 0 Å². The average molecular weight is 465 g/mol. The van der Waals surface area contributed by atoms with E-state index >= 15 is 0 Å². The minimum Gasteiger partial charge on any atom is -0.444 e. The lowest BCUT2D eigenvalue weighted by Crippen LogP contribution is -2.48. The van der Waals surface area contributed by atoms with E-state index in [-0.39, 0.29) is 18.3 Å². The molecule has 34 heavy (non-hydrogen) atoms. The predicted molar refractivity (Wildman–Crippen MR) is 141 cm³/mol. The maximum Gasteiger partial charge on any atom is 0.410 e. The van der Waals surface area contributed by atoms with E-state index in [1.165, 1.54) is 22.5 Å². The highest BCUT2D eigenvalue weighted by Gasteiger charge is 2.44. The number of hydrogen-bond donors (Lipinski definition) is 1. The van der Waals surface area contributed by atoms with Crippen LogP contribution in [-0.4, -0.2) is 48.9 Å². The molecule has 2 aromatic rings. The van der Waals surface area contributed by atoms with Crippen LogP contribution in [0.15, 0.2) is 36.4 Å². The highest BCUT2D eigenvalue weighted by molar-refractivity contribution is 5.89. The van der Waals surface area contributed by atoms with Gasteiger partial charge in [0.15, 0.2) is 0 Å². The van der Waals surface area contributed by atoms with Gasteiger partial charge in [-0.2, -0.15) is 0 Å². The Kier molecular flexibility index (Phi) is 6.70. The van der Waals surface area contributed by atoms with Gasteiger partial charge in [0.2, 0.25) is 0 Å². The molecule has 0 spiro atoms. The molecule has 4 rings (SSSR count). The number of ether oxygens (including phenoxy) is 1. The van der Waals surface area contributed by atoms with Crippen LogP contribution >= 0.6 is 0 Å². The summed E-state index contributed by atoms with van der Waals surface area (Å²) in [6.45, 7) is 17.9. The minimum atomic E-state index is -0.544. The van der Waals surface area contributed by atoms with Crippen LogP contribution in [0.3, 0.4) is 0 Å². The van der Waals surface area contributed by atoms with Crippen LogP contribution in [0.1, 0.15) is 63.8 Å². The highest BCUT2D eigenvalue weighted by Crippen LogP contribution is 2.48. The number of benzene rings is 2. The molecule has 1 N–H and O–H groups in total. The lowest BCUT2D eigenvalue weighted by Gasteiger charge is -2.38. The fourth-order valence-electron chi connectivity index (χ4n) is 5.39. The predicted octanol–water partition coefficient (Wildman–Crippen LogP) is 6.09. The van der Waals surface area contributed by atoms with Gasteiger partial charge < -0.3 is 19.9 Å². The van der Waals surface area contributed by atoms with Gasteiger partial charge in [-0.15, -0.1) is 0 Å². The molecule has 2 atom stereocenters. The van der Waals surface area contributed by atoms with Crippen molar-refractivity contribution in [2.45, 2.75) is 72.7 Å². The largest absolute Gasteiger partial charge is 0.444 e. The zero-order chi connectivity index (χ0) is 24.6. The first-order chi connectivity index (χ1) is 16.1. The molecule has 2 heterocycles. The SMILES string of the molecule is CCN(CC)c1cccc2c1N1CCCN(C(=O)OC(C)(C)C)C(c3ccc(C)cc3C)C1N2. The molecule has 1 saturated heterocycles. The third kappa shape index (κ3) is 4.55. The molecule has 6 heteroatoms. The zero-order valence-electron chi connectivity index (χ0n) is 21.8. The van der Waals surface area contributed by atoms with Gasteiger partial charge in [-0.05, 0) is 78.1 Å². The normalized spacial score (nSPS) is 19.7. The van der Waals surface area contributed by atoms with Crippen molar-refractivity contribution in [3.05, 3.63) is 53.1 Å². The number of carbonyl (C=O) groups is 1. The number of hydrogen-bond acceptors (Lipinski definition) is 5. The van der Waals surface area contributed by atoms with E-state index in [0.29, 0.717) is 6.54 Å². The summed E-state index contributed by atoms with van der Waals surface area (Å²) in [6.07, 6.45) is 0.564. The zero-order valence-corrected chi connectivity index (χ0v) is 21.8. The molecule has 0 radical (unpaired) electrons. The number of nitrogens with one attached hydrogen (secondary N) is 1. The standard InChI is InChI=1S/C28H40N4O2/c1-8-30(9-2)23-13-10-12-22-25(23)31-16-11-17-32(27(33)34-28(5,6)7)24(26(31)29-22)21-15-14-19(3)18-20(21)4/h10,12-15,18,24,26,29H,8-9,11,16-17H2,1-7H3. The van der Waals surface area contributed by atoms with Crippen molar-refractivity contribution in [3.63, 3.8) is 0 Å². The first kappa shape index (κ1) is 24.2. The van der Waals surface area contributed by atoms with Crippen molar-refractivity contribution >= 4 is 23.2 Å². The van der Waals surface area contributed by atoms with Gasteiger partial charge in [0, 0.05) is 26.2 Å². The highest BCUT2D eigenvalue weighted by atomic mass is 16.6. The number of carbonyl (C=O) groups excluding carboxylic acids is 1. The summed E-state index contributed by atoms with van der Waals surface area (Å²) < 4.78 is 5.90. The van der Waals surface area contributed by atoms with E-state index in [2.05, 4.69) is 79.2 Å². The van der Waals surface area contributed by atoms with Crippen LogP contribution in [0, 0.1) is 13.8 Å². The Balaban J connectivity index is 1.82. The molecule has 0 bridgehead atoms. The molecule has 2 unspecified atom stereocenters. The number of fused-ring (bicyclic) bond motifs is 3. The van der Waals surface area contributed by atoms with Crippen LogP contribution in [0.25, 0.3) is 0 Å². The fourth-order valence-corrected chi connectivity index (χ4v) is 5.39. The molecule has 0 aliphatic carbocycles. The van der Waals surface area contributed by atoms with Gasteiger partial charge in [0.1, 0.15) is 11.8 Å². The number of amides is 1. The van der Waals surface area contributed by atoms with E-state index in [4.69, 9.17) is 4.74 Å². The molecule has 1 amide bonds. The van der Waals surface area contributed by atoms with Crippen molar-refractivity contribution in [2.24, 2.45) is 0 Å². The van der Waals surface area contributed by atoms with Crippen LogP contribution < -0.4 is 15.1 Å². The van der Waals surface area contributed by atoms with Crippen molar-refractivity contribution in [1.82, 2.24) is 4.90 Å². The summed E-state index contributed by atoms with van der Waals surface area (Å²) in [5.74, 6) is 0. The maximum absolute atomic E-state index is 13.5. The van der Waals surface area contributed by atoms with Gasteiger partial charge in [0.25, 0.3) is 0 Å². The Bertz CT molecular complexity index is 1040. The molecule has 1 fully saturated rings. The van der Waals surface area contributed by atoms with Gasteiger partial charge in [-0.3, -0.25) is 4.90 Å². The molecule has 6 nitrogen and oxygen atoms in total. The summed E-state index contributed by atoms with van der Waals surface area (Å²) in [7, 11) is 0. The summed E-state index contributed by atoms with van der Waals surface area (Å²) in [4.78, 5) is 20.3. The van der Waals surface area contributed by atoms with E-state index < -0.39 is 5.60 Å². The molecule has 0 aromatic heterocycles. The molecule has 2 aromatic carbocycles. The Morgan fingerprint density at radius 3 is 2.50 bits per heavy atom. The van der Waals surface area contributed by atoms with Crippen LogP contribution in [-0.2, 0) is 4.74 Å². The van der Waals surface area contributed by atoms with E-state index in [1.54, 1.807) is 0 Å². The van der Waals surface area contributed by atoms with Gasteiger partial charge in [-0.1, -0.05) is 29.8 Å². The number of rotatable bonds is 4. The summed E-state index contributed by atoms with van der Waals surface area (Å²) in [5, 5.41) is 3.81. The molecular formula is C28H40N4O2. The minimum absolute atomic E-state index is 0.0665. The van der Waals surface area contributed by atoms with Gasteiger partial charge in [0.05, 0.1) is 23.1 Å². The average Bonchev–Trinajstić information content (AvgIpc) is 3.02. The third-order valence-corrected chi connectivity index (χ3v) is 6.85. The Morgan fingerprint density at radius 1 is 1.12 bits per heavy atom. The summed E-state index contributed by atoms with van der Waals surface area (Å²) >= 11 is 0. The van der Waals surface area contributed by atoms with Crippen molar-refractivity contribution < 1.29 is 9.53 Å². The Morgan fingerprint density at radius 2 is 1.85 bits per heavy atom. The van der Waals surface area contributed by atoms with Gasteiger partial charge >= 0.3 is 6.09 Å². The third-order valence-electron chi connectivity index (χ3n) is 6.85. The van der Waals surface area contributed by atoms with E-state index in [0.717, 1.165) is 37.3 Å². The lowest BCUT2D eigenvalue weighted by atomic mass is 9.96. The van der Waals surface area contributed by atoms with E-state index in [9.17, 15) is 4.79 Å². The molecular weight excluding hydrogens is 424 g/mol. The fraction of sp³-hybridized carbons (Fsp3) is 0.536. The molecule has 184 valence electrons. The first-order valence-electron chi connectivity index (χ1n) is 12.6. The van der Waals surface area contributed by atoms with Crippen LogP contribution in [0.5, 0.6) is 0 Å². The quantitative estimate of drug-likeness (QED) is 0.593. The lowest BCUT2D eigenvalue weighted by molar-refractivity contribution is 0.0155. The summed E-state index contributed by atoms with van der Waals surface area (Å²) in [5.41, 5.74) is 6.68. The smallest absolute Gasteiger partial charge is 0.410 e. The molecule has 2 aliphatic heterocycles. The maximum atomic E-state index is 13.5. The Hall–Kier alpha value is -2.89. The number of para-hydroxylation sites is 1. The second-order valence-corrected chi connectivity index (χ2v) is 10.5. The number of nitrogens with zero attached hydrogens (tertiary/aromatic N) is 3. The molecule has 2 aliphatic rings. The second kappa shape index (κ2) is 9.40. The first-order valence-corrected chi connectivity index (χ1v) is 12.6. The monoisotopic (exact) mass is 464 g/mol. The number of anilines is 3. The Labute approximate surface area is 204 Å². The van der Waals surface area contributed by atoms with Crippen LogP contribution in [0.4, 0.5) is 21.9 Å². The van der Waals surface area contributed by atoms with E-state index in [1.807, 2.05) is 25.7 Å². The van der Waals surface area contributed by atoms with Crippen LogP contribution in [0.2, 0.25) is 0 Å².